The minimum absolute atomic E-state index is 0.172. The minimum atomic E-state index is -4.72. The van der Waals surface area contributed by atoms with Gasteiger partial charge < -0.3 is 10.1 Å². The normalized spacial score (nSPS) is 14.2. The van der Waals surface area contributed by atoms with E-state index in [0.717, 1.165) is 36.9 Å². The molecule has 0 bridgehead atoms. The predicted molar refractivity (Wildman–Crippen MR) is 77.9 cm³/mol. The number of rotatable bonds is 3. The molecule has 2 aromatic rings. The van der Waals surface area contributed by atoms with Crippen molar-refractivity contribution in [1.82, 2.24) is 9.97 Å². The van der Waals surface area contributed by atoms with Crippen molar-refractivity contribution in [3.05, 3.63) is 45.9 Å². The van der Waals surface area contributed by atoms with E-state index in [1.54, 1.807) is 0 Å². The lowest BCUT2D eigenvalue weighted by molar-refractivity contribution is -0.274. The number of fused-ring (bicyclic) bond motifs is 1. The van der Waals surface area contributed by atoms with Gasteiger partial charge in [-0.05, 0) is 49.9 Å². The summed E-state index contributed by atoms with van der Waals surface area (Å²) in [6.45, 7) is 0. The Bertz CT molecular complexity index is 754. The molecule has 3 rings (SSSR count). The molecule has 8 heteroatoms. The Balaban J connectivity index is 1.77. The number of aryl methyl sites for hydroxylation is 1. The summed E-state index contributed by atoms with van der Waals surface area (Å²) in [5.41, 5.74) is 1.82. The Kier molecular flexibility index (Phi) is 3.97. The van der Waals surface area contributed by atoms with Crippen molar-refractivity contribution in [2.45, 2.75) is 32.0 Å². The Morgan fingerprint density at radius 2 is 1.83 bits per heavy atom. The number of aromatic amines is 1. The Morgan fingerprint density at radius 3 is 2.52 bits per heavy atom. The summed E-state index contributed by atoms with van der Waals surface area (Å²) in [6.07, 6.45) is -1.27. The number of aromatic nitrogens is 2. The molecule has 0 saturated carbocycles. The molecule has 1 aromatic heterocycles. The number of hydrogen-bond acceptors (Lipinski definition) is 4. The second-order valence-corrected chi connectivity index (χ2v) is 5.24. The first-order valence-corrected chi connectivity index (χ1v) is 7.16. The van der Waals surface area contributed by atoms with Crippen LogP contribution in [0.3, 0.4) is 0 Å². The first kappa shape index (κ1) is 15.4. The summed E-state index contributed by atoms with van der Waals surface area (Å²) in [5, 5.41) is 2.88. The van der Waals surface area contributed by atoms with Crippen molar-refractivity contribution < 1.29 is 17.9 Å². The van der Waals surface area contributed by atoms with Crippen LogP contribution < -0.4 is 15.6 Å². The number of hydrogen-bond donors (Lipinski definition) is 2. The third-order valence-corrected chi connectivity index (χ3v) is 3.54. The van der Waals surface area contributed by atoms with Crippen molar-refractivity contribution in [3.8, 4) is 5.75 Å². The summed E-state index contributed by atoms with van der Waals surface area (Å²) >= 11 is 0. The lowest BCUT2D eigenvalue weighted by Gasteiger charge is -2.15. The minimum Gasteiger partial charge on any atom is -0.406 e. The number of alkyl halides is 3. The summed E-state index contributed by atoms with van der Waals surface area (Å²) in [5.74, 6) is -0.0323. The second-order valence-electron chi connectivity index (χ2n) is 5.24. The number of nitrogens with zero attached hydrogens (tertiary/aromatic N) is 1. The van der Waals surface area contributed by atoms with Gasteiger partial charge in [0, 0.05) is 11.3 Å². The van der Waals surface area contributed by atoms with Gasteiger partial charge in [-0.25, -0.2) is 4.98 Å². The van der Waals surface area contributed by atoms with Crippen LogP contribution in [0.25, 0.3) is 0 Å². The molecule has 0 fully saturated rings. The van der Waals surface area contributed by atoms with Gasteiger partial charge in [-0.15, -0.1) is 13.2 Å². The van der Waals surface area contributed by atoms with E-state index in [2.05, 4.69) is 20.0 Å². The molecule has 0 spiro atoms. The first-order valence-electron chi connectivity index (χ1n) is 7.16. The molecule has 0 aliphatic heterocycles. The highest BCUT2D eigenvalue weighted by Gasteiger charge is 2.30. The van der Waals surface area contributed by atoms with Crippen LogP contribution >= 0.6 is 0 Å². The molecule has 1 aromatic carbocycles. The van der Waals surface area contributed by atoms with Crippen LogP contribution in [0.4, 0.5) is 24.8 Å². The van der Waals surface area contributed by atoms with Crippen LogP contribution in [-0.4, -0.2) is 16.3 Å². The molecule has 0 saturated heterocycles. The van der Waals surface area contributed by atoms with Crippen molar-refractivity contribution in [3.63, 3.8) is 0 Å². The van der Waals surface area contributed by atoms with Crippen LogP contribution in [0.1, 0.15) is 24.1 Å². The zero-order valence-electron chi connectivity index (χ0n) is 12.0. The second kappa shape index (κ2) is 5.94. The molecule has 0 unspecified atom stereocenters. The number of anilines is 2. The van der Waals surface area contributed by atoms with Gasteiger partial charge in [-0.1, -0.05) is 0 Å². The number of ether oxygens (including phenoxy) is 1. The molecule has 122 valence electrons. The highest BCUT2D eigenvalue weighted by Crippen LogP contribution is 2.25. The number of halogens is 3. The van der Waals surface area contributed by atoms with E-state index in [1.165, 1.54) is 24.3 Å². The quantitative estimate of drug-likeness (QED) is 0.909. The van der Waals surface area contributed by atoms with Gasteiger partial charge in [0.25, 0.3) is 5.56 Å². The first-order chi connectivity index (χ1) is 10.9. The molecule has 0 atom stereocenters. The molecule has 2 N–H and O–H groups in total. The fourth-order valence-corrected chi connectivity index (χ4v) is 2.54. The number of nitrogens with one attached hydrogen (secondary N) is 2. The van der Waals surface area contributed by atoms with Gasteiger partial charge in [-0.3, -0.25) is 9.78 Å². The summed E-state index contributed by atoms with van der Waals surface area (Å²) in [7, 11) is 0. The third-order valence-electron chi connectivity index (χ3n) is 3.54. The SMILES string of the molecule is O=c1[nH]c(Nc2ccc(OC(F)(F)F)cc2)nc2c1CCCC2. The number of H-pyrrole nitrogens is 1. The van der Waals surface area contributed by atoms with Crippen LogP contribution in [0.5, 0.6) is 5.75 Å². The molecule has 23 heavy (non-hydrogen) atoms. The molecule has 1 aliphatic rings. The monoisotopic (exact) mass is 325 g/mol. The Hall–Kier alpha value is -2.51. The lowest BCUT2D eigenvalue weighted by Crippen LogP contribution is -2.22. The zero-order chi connectivity index (χ0) is 16.4. The summed E-state index contributed by atoms with van der Waals surface area (Å²) in [6, 6.07) is 5.21. The van der Waals surface area contributed by atoms with E-state index in [1.807, 2.05) is 0 Å². The van der Waals surface area contributed by atoms with Gasteiger partial charge >= 0.3 is 6.36 Å². The highest BCUT2D eigenvalue weighted by atomic mass is 19.4. The molecular weight excluding hydrogens is 311 g/mol. The smallest absolute Gasteiger partial charge is 0.406 e. The maximum absolute atomic E-state index is 12.1. The van der Waals surface area contributed by atoms with E-state index >= 15 is 0 Å². The molecule has 1 heterocycles. The van der Waals surface area contributed by atoms with E-state index in [4.69, 9.17) is 0 Å². The van der Waals surface area contributed by atoms with Gasteiger partial charge in [0.2, 0.25) is 5.95 Å². The summed E-state index contributed by atoms with van der Waals surface area (Å²) < 4.78 is 40.1. The fourth-order valence-electron chi connectivity index (χ4n) is 2.54. The van der Waals surface area contributed by atoms with Crippen molar-refractivity contribution in [2.24, 2.45) is 0 Å². The summed E-state index contributed by atoms with van der Waals surface area (Å²) in [4.78, 5) is 19.0. The van der Waals surface area contributed by atoms with Gasteiger partial charge in [0.1, 0.15) is 5.75 Å². The van der Waals surface area contributed by atoms with Gasteiger partial charge in [0.15, 0.2) is 0 Å². The predicted octanol–water partition coefficient (Wildman–Crippen LogP) is 3.29. The molecule has 0 amide bonds. The third kappa shape index (κ3) is 3.82. The van der Waals surface area contributed by atoms with Crippen molar-refractivity contribution in [1.29, 1.82) is 0 Å². The fraction of sp³-hybridized carbons (Fsp3) is 0.333. The standard InChI is InChI=1S/C15H14F3N3O2/c16-15(17,18)23-10-7-5-9(6-8-10)19-14-20-12-4-2-1-3-11(12)13(22)21-14/h5-8H,1-4H2,(H2,19,20,21,22). The Morgan fingerprint density at radius 1 is 1.13 bits per heavy atom. The highest BCUT2D eigenvalue weighted by molar-refractivity contribution is 5.54. The largest absolute Gasteiger partial charge is 0.573 e. The maximum Gasteiger partial charge on any atom is 0.573 e. The van der Waals surface area contributed by atoms with Crippen LogP contribution in [0.2, 0.25) is 0 Å². The topological polar surface area (TPSA) is 67.0 Å². The van der Waals surface area contributed by atoms with Crippen molar-refractivity contribution in [2.75, 3.05) is 5.32 Å². The maximum atomic E-state index is 12.1. The van der Waals surface area contributed by atoms with Gasteiger partial charge in [-0.2, -0.15) is 0 Å². The molecule has 5 nitrogen and oxygen atoms in total. The molecule has 0 radical (unpaired) electrons. The van der Waals surface area contributed by atoms with E-state index in [9.17, 15) is 18.0 Å². The van der Waals surface area contributed by atoms with E-state index < -0.39 is 6.36 Å². The van der Waals surface area contributed by atoms with Crippen LogP contribution in [0.15, 0.2) is 29.1 Å². The van der Waals surface area contributed by atoms with Crippen LogP contribution in [0, 0.1) is 0 Å². The molecule has 1 aliphatic carbocycles. The average molecular weight is 325 g/mol. The van der Waals surface area contributed by atoms with E-state index in [-0.39, 0.29) is 17.3 Å². The van der Waals surface area contributed by atoms with Gasteiger partial charge in [0.05, 0.1) is 5.69 Å². The molecular formula is C15H14F3N3O2. The number of benzene rings is 1. The Labute approximate surface area is 129 Å². The van der Waals surface area contributed by atoms with E-state index in [0.29, 0.717) is 5.69 Å². The zero-order valence-corrected chi connectivity index (χ0v) is 12.0. The lowest BCUT2D eigenvalue weighted by atomic mass is 9.97. The average Bonchev–Trinajstić information content (AvgIpc) is 2.48. The van der Waals surface area contributed by atoms with Crippen LogP contribution in [-0.2, 0) is 12.8 Å². The van der Waals surface area contributed by atoms with Crippen molar-refractivity contribution >= 4 is 11.6 Å².